The molecule has 20 heavy (non-hydrogen) atoms. The molecule has 0 aromatic heterocycles. The quantitative estimate of drug-likeness (QED) is 0.669. The number of amides is 1. The van der Waals surface area contributed by atoms with Crippen LogP contribution in [0.1, 0.15) is 5.56 Å². The molecule has 0 aliphatic heterocycles. The summed E-state index contributed by atoms with van der Waals surface area (Å²) in [7, 11) is 0. The SMILES string of the molecule is Nc1cc(/C=C/C(=O)Nc2ccccc2F)ccc1Cl. The molecule has 0 aliphatic carbocycles. The second-order valence-corrected chi connectivity index (χ2v) is 4.49. The summed E-state index contributed by atoms with van der Waals surface area (Å²) in [4.78, 5) is 11.7. The largest absolute Gasteiger partial charge is 0.398 e. The molecule has 0 spiro atoms. The van der Waals surface area contributed by atoms with Crippen molar-refractivity contribution < 1.29 is 9.18 Å². The Morgan fingerprint density at radius 1 is 1.25 bits per heavy atom. The van der Waals surface area contributed by atoms with Crippen molar-refractivity contribution in [2.24, 2.45) is 0 Å². The molecule has 0 heterocycles. The summed E-state index contributed by atoms with van der Waals surface area (Å²) >= 11 is 5.80. The number of nitrogen functional groups attached to an aromatic ring is 1. The lowest BCUT2D eigenvalue weighted by Gasteiger charge is -2.03. The van der Waals surface area contributed by atoms with E-state index in [2.05, 4.69) is 5.32 Å². The predicted octanol–water partition coefficient (Wildman–Crippen LogP) is 3.71. The molecule has 3 N–H and O–H groups in total. The van der Waals surface area contributed by atoms with Crippen LogP contribution in [-0.4, -0.2) is 5.91 Å². The van der Waals surface area contributed by atoms with Crippen molar-refractivity contribution in [3.63, 3.8) is 0 Å². The topological polar surface area (TPSA) is 55.1 Å². The van der Waals surface area contributed by atoms with Crippen LogP contribution in [0.4, 0.5) is 15.8 Å². The van der Waals surface area contributed by atoms with Crippen molar-refractivity contribution in [3.05, 3.63) is 64.9 Å². The fourth-order valence-corrected chi connectivity index (χ4v) is 1.69. The van der Waals surface area contributed by atoms with Crippen molar-refractivity contribution in [3.8, 4) is 0 Å². The molecule has 0 aliphatic rings. The molecule has 3 nitrogen and oxygen atoms in total. The molecule has 0 saturated heterocycles. The molecule has 0 unspecified atom stereocenters. The normalized spacial score (nSPS) is 10.7. The van der Waals surface area contributed by atoms with E-state index in [0.29, 0.717) is 10.7 Å². The highest BCUT2D eigenvalue weighted by Crippen LogP contribution is 2.20. The van der Waals surface area contributed by atoms with Crippen LogP contribution >= 0.6 is 11.6 Å². The number of halogens is 2. The van der Waals surface area contributed by atoms with E-state index < -0.39 is 11.7 Å². The average Bonchev–Trinajstić information content (AvgIpc) is 2.43. The van der Waals surface area contributed by atoms with Gasteiger partial charge in [-0.1, -0.05) is 29.8 Å². The van der Waals surface area contributed by atoms with Gasteiger partial charge in [0.25, 0.3) is 0 Å². The Bertz CT molecular complexity index is 671. The van der Waals surface area contributed by atoms with Gasteiger partial charge in [0.15, 0.2) is 0 Å². The lowest BCUT2D eigenvalue weighted by Crippen LogP contribution is -2.08. The summed E-state index contributed by atoms with van der Waals surface area (Å²) in [6.07, 6.45) is 2.87. The minimum atomic E-state index is -0.481. The molecule has 0 fully saturated rings. The maximum Gasteiger partial charge on any atom is 0.248 e. The smallest absolute Gasteiger partial charge is 0.248 e. The maximum atomic E-state index is 13.3. The lowest BCUT2D eigenvalue weighted by molar-refractivity contribution is -0.111. The Morgan fingerprint density at radius 3 is 2.70 bits per heavy atom. The second kappa shape index (κ2) is 6.21. The Kier molecular flexibility index (Phi) is 4.38. The minimum Gasteiger partial charge on any atom is -0.398 e. The van der Waals surface area contributed by atoms with E-state index >= 15 is 0 Å². The van der Waals surface area contributed by atoms with Crippen molar-refractivity contribution in [1.29, 1.82) is 0 Å². The van der Waals surface area contributed by atoms with Crippen LogP contribution in [0.15, 0.2) is 48.5 Å². The maximum absolute atomic E-state index is 13.3. The summed E-state index contributed by atoms with van der Waals surface area (Å²) in [5.41, 5.74) is 6.96. The van der Waals surface area contributed by atoms with Gasteiger partial charge >= 0.3 is 0 Å². The molecule has 5 heteroatoms. The number of nitrogens with one attached hydrogen (secondary N) is 1. The van der Waals surface area contributed by atoms with Crippen LogP contribution in [0.2, 0.25) is 5.02 Å². The number of para-hydroxylation sites is 1. The van der Waals surface area contributed by atoms with E-state index in [0.717, 1.165) is 5.56 Å². The summed E-state index contributed by atoms with van der Waals surface area (Å²) in [6.45, 7) is 0. The van der Waals surface area contributed by atoms with E-state index in [-0.39, 0.29) is 5.69 Å². The molecule has 0 atom stereocenters. The average molecular weight is 291 g/mol. The van der Waals surface area contributed by atoms with E-state index in [1.807, 2.05) is 0 Å². The number of hydrogen-bond donors (Lipinski definition) is 2. The van der Waals surface area contributed by atoms with Gasteiger partial charge < -0.3 is 11.1 Å². The van der Waals surface area contributed by atoms with Gasteiger partial charge in [-0.05, 0) is 35.9 Å². The Balaban J connectivity index is 2.06. The highest BCUT2D eigenvalue weighted by molar-refractivity contribution is 6.33. The number of nitrogens with two attached hydrogens (primary N) is 1. The van der Waals surface area contributed by atoms with Gasteiger partial charge in [-0.25, -0.2) is 4.39 Å². The minimum absolute atomic E-state index is 0.137. The molecular formula is C15H12ClFN2O. The zero-order valence-corrected chi connectivity index (χ0v) is 11.2. The van der Waals surface area contributed by atoms with Gasteiger partial charge in [0, 0.05) is 6.08 Å². The molecule has 1 amide bonds. The molecule has 102 valence electrons. The van der Waals surface area contributed by atoms with Crippen LogP contribution in [0.25, 0.3) is 6.08 Å². The van der Waals surface area contributed by atoms with Gasteiger partial charge in [-0.2, -0.15) is 0 Å². The Morgan fingerprint density at radius 2 is 2.00 bits per heavy atom. The molecule has 2 rings (SSSR count). The first-order valence-corrected chi connectivity index (χ1v) is 6.22. The third kappa shape index (κ3) is 3.59. The van der Waals surface area contributed by atoms with Crippen LogP contribution in [0, 0.1) is 5.82 Å². The van der Waals surface area contributed by atoms with Crippen molar-refractivity contribution >= 4 is 35.0 Å². The first-order chi connectivity index (χ1) is 9.56. The Labute approximate surface area is 120 Å². The van der Waals surface area contributed by atoms with Crippen molar-refractivity contribution in [2.45, 2.75) is 0 Å². The number of anilines is 2. The van der Waals surface area contributed by atoms with E-state index in [1.165, 1.54) is 18.2 Å². The van der Waals surface area contributed by atoms with Gasteiger partial charge in [0.05, 0.1) is 16.4 Å². The van der Waals surface area contributed by atoms with Gasteiger partial charge in [-0.15, -0.1) is 0 Å². The standard InChI is InChI=1S/C15H12ClFN2O/c16-11-7-5-10(9-13(11)18)6-8-15(20)19-14-4-2-1-3-12(14)17/h1-9H,18H2,(H,19,20)/b8-6+. The number of carbonyl (C=O) groups excluding carboxylic acids is 1. The summed E-state index contributed by atoms with van der Waals surface area (Å²) in [6, 6.07) is 11.0. The first-order valence-electron chi connectivity index (χ1n) is 5.85. The second-order valence-electron chi connectivity index (χ2n) is 4.08. The van der Waals surface area contributed by atoms with Crippen molar-refractivity contribution in [1.82, 2.24) is 0 Å². The molecule has 0 saturated carbocycles. The number of carbonyl (C=O) groups is 1. The summed E-state index contributed by atoms with van der Waals surface area (Å²) < 4.78 is 13.3. The zero-order chi connectivity index (χ0) is 14.5. The van der Waals surface area contributed by atoms with Gasteiger partial charge in [0.2, 0.25) is 5.91 Å². The lowest BCUT2D eigenvalue weighted by atomic mass is 10.2. The molecular weight excluding hydrogens is 279 g/mol. The highest BCUT2D eigenvalue weighted by Gasteiger charge is 2.03. The Hall–Kier alpha value is -2.33. The predicted molar refractivity (Wildman–Crippen MR) is 79.9 cm³/mol. The summed E-state index contributed by atoms with van der Waals surface area (Å²) in [5, 5.41) is 2.90. The van der Waals surface area contributed by atoms with E-state index in [4.69, 9.17) is 17.3 Å². The van der Waals surface area contributed by atoms with E-state index in [9.17, 15) is 9.18 Å². The zero-order valence-electron chi connectivity index (χ0n) is 10.4. The van der Waals surface area contributed by atoms with Crippen LogP contribution in [0.3, 0.4) is 0 Å². The molecule has 2 aromatic carbocycles. The third-order valence-corrected chi connectivity index (χ3v) is 2.92. The number of benzene rings is 2. The highest BCUT2D eigenvalue weighted by atomic mass is 35.5. The third-order valence-electron chi connectivity index (χ3n) is 2.58. The van der Waals surface area contributed by atoms with Crippen LogP contribution in [-0.2, 0) is 4.79 Å². The van der Waals surface area contributed by atoms with E-state index in [1.54, 1.807) is 36.4 Å². The fourth-order valence-electron chi connectivity index (χ4n) is 1.57. The number of hydrogen-bond acceptors (Lipinski definition) is 2. The number of rotatable bonds is 3. The van der Waals surface area contributed by atoms with Crippen molar-refractivity contribution in [2.75, 3.05) is 11.1 Å². The molecule has 0 radical (unpaired) electrons. The fraction of sp³-hybridized carbons (Fsp3) is 0. The molecule has 2 aromatic rings. The first kappa shape index (κ1) is 14.1. The monoisotopic (exact) mass is 290 g/mol. The summed E-state index contributed by atoms with van der Waals surface area (Å²) in [5.74, 6) is -0.909. The van der Waals surface area contributed by atoms with Crippen LogP contribution in [0.5, 0.6) is 0 Å². The van der Waals surface area contributed by atoms with Gasteiger partial charge in [-0.3, -0.25) is 4.79 Å². The van der Waals surface area contributed by atoms with Crippen LogP contribution < -0.4 is 11.1 Å². The molecule has 0 bridgehead atoms. The van der Waals surface area contributed by atoms with Gasteiger partial charge in [0.1, 0.15) is 5.82 Å².